The standard InChI is InChI=1S/C12H15N/c1-3-13-12-8-9(2)10-6-4-5-7-11(10)12/h4-9,13H,3H2,1-2H3/t9-/m0/s1. The van der Waals surface area contributed by atoms with E-state index in [2.05, 4.69) is 49.5 Å². The van der Waals surface area contributed by atoms with E-state index in [1.807, 2.05) is 0 Å². The molecule has 0 unspecified atom stereocenters. The summed E-state index contributed by atoms with van der Waals surface area (Å²) in [6.45, 7) is 5.36. The van der Waals surface area contributed by atoms with Crippen molar-refractivity contribution in [3.05, 3.63) is 41.5 Å². The highest BCUT2D eigenvalue weighted by Gasteiger charge is 2.18. The van der Waals surface area contributed by atoms with Crippen LogP contribution in [0.5, 0.6) is 0 Å². The quantitative estimate of drug-likeness (QED) is 0.725. The van der Waals surface area contributed by atoms with Crippen LogP contribution in [-0.2, 0) is 0 Å². The first-order valence-corrected chi connectivity index (χ1v) is 4.88. The van der Waals surface area contributed by atoms with Crippen molar-refractivity contribution in [3.8, 4) is 0 Å². The lowest BCUT2D eigenvalue weighted by atomic mass is 10.0. The van der Waals surface area contributed by atoms with Crippen LogP contribution in [0.15, 0.2) is 30.3 Å². The zero-order chi connectivity index (χ0) is 9.26. The highest BCUT2D eigenvalue weighted by Crippen LogP contribution is 2.33. The van der Waals surface area contributed by atoms with Gasteiger partial charge in [0, 0.05) is 23.7 Å². The summed E-state index contributed by atoms with van der Waals surface area (Å²) in [5.41, 5.74) is 4.11. The Morgan fingerprint density at radius 2 is 2.08 bits per heavy atom. The van der Waals surface area contributed by atoms with Crippen molar-refractivity contribution >= 4 is 5.70 Å². The highest BCUT2D eigenvalue weighted by atomic mass is 14.9. The topological polar surface area (TPSA) is 12.0 Å². The lowest BCUT2D eigenvalue weighted by molar-refractivity contribution is 0.938. The summed E-state index contributed by atoms with van der Waals surface area (Å²) in [7, 11) is 0. The minimum atomic E-state index is 0.560. The second kappa shape index (κ2) is 3.25. The molecule has 1 aliphatic rings. The van der Waals surface area contributed by atoms with Crippen LogP contribution in [0.2, 0.25) is 0 Å². The van der Waals surface area contributed by atoms with E-state index in [1.165, 1.54) is 16.8 Å². The van der Waals surface area contributed by atoms with E-state index in [0.29, 0.717) is 5.92 Å². The van der Waals surface area contributed by atoms with Gasteiger partial charge in [0.1, 0.15) is 0 Å². The molecule has 1 heteroatoms. The van der Waals surface area contributed by atoms with Gasteiger partial charge in [-0.05, 0) is 12.5 Å². The molecule has 0 saturated heterocycles. The van der Waals surface area contributed by atoms with E-state index in [4.69, 9.17) is 0 Å². The maximum absolute atomic E-state index is 3.39. The van der Waals surface area contributed by atoms with Crippen LogP contribution in [0.3, 0.4) is 0 Å². The van der Waals surface area contributed by atoms with Crippen molar-refractivity contribution in [2.75, 3.05) is 6.54 Å². The first-order valence-electron chi connectivity index (χ1n) is 4.88. The number of hydrogen-bond donors (Lipinski definition) is 1. The molecule has 1 aromatic carbocycles. The van der Waals surface area contributed by atoms with E-state index < -0.39 is 0 Å². The predicted molar refractivity (Wildman–Crippen MR) is 56.5 cm³/mol. The lowest BCUT2D eigenvalue weighted by Gasteiger charge is -2.06. The molecule has 0 aliphatic heterocycles. The van der Waals surface area contributed by atoms with Crippen molar-refractivity contribution in [1.82, 2.24) is 5.32 Å². The van der Waals surface area contributed by atoms with Gasteiger partial charge >= 0.3 is 0 Å². The molecule has 0 fully saturated rings. The molecule has 0 radical (unpaired) electrons. The van der Waals surface area contributed by atoms with Crippen molar-refractivity contribution in [2.24, 2.45) is 0 Å². The Kier molecular flexibility index (Phi) is 2.09. The molecule has 0 bridgehead atoms. The third-order valence-corrected chi connectivity index (χ3v) is 2.53. The van der Waals surface area contributed by atoms with Crippen molar-refractivity contribution in [2.45, 2.75) is 19.8 Å². The minimum Gasteiger partial charge on any atom is -0.385 e. The molecule has 0 saturated carbocycles. The fraction of sp³-hybridized carbons (Fsp3) is 0.333. The first kappa shape index (κ1) is 8.36. The number of nitrogens with one attached hydrogen (secondary N) is 1. The fourth-order valence-electron chi connectivity index (χ4n) is 1.91. The fourth-order valence-corrected chi connectivity index (χ4v) is 1.91. The van der Waals surface area contributed by atoms with Gasteiger partial charge in [-0.25, -0.2) is 0 Å². The minimum absolute atomic E-state index is 0.560. The molecule has 0 amide bonds. The van der Waals surface area contributed by atoms with Gasteiger partial charge in [-0.2, -0.15) is 0 Å². The third-order valence-electron chi connectivity index (χ3n) is 2.53. The summed E-state index contributed by atoms with van der Waals surface area (Å²) in [6.07, 6.45) is 2.30. The van der Waals surface area contributed by atoms with Crippen LogP contribution in [-0.4, -0.2) is 6.54 Å². The van der Waals surface area contributed by atoms with E-state index in [-0.39, 0.29) is 0 Å². The summed E-state index contributed by atoms with van der Waals surface area (Å²) in [5.74, 6) is 0.560. The Morgan fingerprint density at radius 1 is 1.31 bits per heavy atom. The number of rotatable bonds is 2. The highest BCUT2D eigenvalue weighted by molar-refractivity contribution is 5.73. The van der Waals surface area contributed by atoms with Gasteiger partial charge in [-0.1, -0.05) is 37.3 Å². The third kappa shape index (κ3) is 1.35. The molecule has 0 heterocycles. The Labute approximate surface area is 79.5 Å². The average molecular weight is 173 g/mol. The van der Waals surface area contributed by atoms with E-state index >= 15 is 0 Å². The van der Waals surface area contributed by atoms with Crippen LogP contribution in [0.4, 0.5) is 0 Å². The summed E-state index contributed by atoms with van der Waals surface area (Å²) < 4.78 is 0. The molecule has 1 aliphatic carbocycles. The predicted octanol–water partition coefficient (Wildman–Crippen LogP) is 2.75. The maximum atomic E-state index is 3.39. The van der Waals surface area contributed by atoms with Gasteiger partial charge in [-0.15, -0.1) is 0 Å². The second-order valence-corrected chi connectivity index (χ2v) is 3.49. The molecule has 13 heavy (non-hydrogen) atoms. The molecule has 1 nitrogen and oxygen atoms in total. The summed E-state index contributed by atoms with van der Waals surface area (Å²) >= 11 is 0. The Balaban J connectivity index is 2.39. The maximum Gasteiger partial charge on any atom is 0.0382 e. The molecule has 1 aromatic rings. The molecule has 1 atom stereocenters. The van der Waals surface area contributed by atoms with Crippen molar-refractivity contribution < 1.29 is 0 Å². The van der Waals surface area contributed by atoms with E-state index in [0.717, 1.165) is 6.54 Å². The number of hydrogen-bond acceptors (Lipinski definition) is 1. The monoisotopic (exact) mass is 173 g/mol. The van der Waals surface area contributed by atoms with Gasteiger partial charge in [-0.3, -0.25) is 0 Å². The SMILES string of the molecule is CCNC1=C[C@H](C)c2ccccc21. The number of fused-ring (bicyclic) bond motifs is 1. The molecular formula is C12H15N. The van der Waals surface area contributed by atoms with E-state index in [9.17, 15) is 0 Å². The van der Waals surface area contributed by atoms with Gasteiger partial charge < -0.3 is 5.32 Å². The van der Waals surface area contributed by atoms with E-state index in [1.54, 1.807) is 0 Å². The summed E-state index contributed by atoms with van der Waals surface area (Å²) in [4.78, 5) is 0. The molecule has 68 valence electrons. The van der Waals surface area contributed by atoms with Crippen LogP contribution in [0, 0.1) is 0 Å². The molecular weight excluding hydrogens is 158 g/mol. The molecule has 2 rings (SSSR count). The molecule has 1 N–H and O–H groups in total. The zero-order valence-electron chi connectivity index (χ0n) is 8.17. The van der Waals surface area contributed by atoms with Crippen LogP contribution >= 0.6 is 0 Å². The normalized spacial score (nSPS) is 19.5. The zero-order valence-corrected chi connectivity index (χ0v) is 8.17. The van der Waals surface area contributed by atoms with Gasteiger partial charge in [0.15, 0.2) is 0 Å². The van der Waals surface area contributed by atoms with Crippen molar-refractivity contribution in [1.29, 1.82) is 0 Å². The van der Waals surface area contributed by atoms with Crippen LogP contribution in [0.25, 0.3) is 5.70 Å². The van der Waals surface area contributed by atoms with Gasteiger partial charge in [0.2, 0.25) is 0 Å². The van der Waals surface area contributed by atoms with Gasteiger partial charge in [0.05, 0.1) is 0 Å². The molecule has 0 aromatic heterocycles. The summed E-state index contributed by atoms with van der Waals surface area (Å²) in [6, 6.07) is 8.61. The Morgan fingerprint density at radius 3 is 2.85 bits per heavy atom. The number of benzene rings is 1. The van der Waals surface area contributed by atoms with Crippen molar-refractivity contribution in [3.63, 3.8) is 0 Å². The largest absolute Gasteiger partial charge is 0.385 e. The lowest BCUT2D eigenvalue weighted by Crippen LogP contribution is -2.09. The second-order valence-electron chi connectivity index (χ2n) is 3.49. The average Bonchev–Trinajstić information content (AvgIpc) is 2.46. The Hall–Kier alpha value is -1.24. The molecule has 0 spiro atoms. The van der Waals surface area contributed by atoms with Crippen LogP contribution in [0.1, 0.15) is 30.9 Å². The number of allylic oxidation sites excluding steroid dienone is 1. The Bertz CT molecular complexity index is 339. The van der Waals surface area contributed by atoms with Gasteiger partial charge in [0.25, 0.3) is 0 Å². The first-order chi connectivity index (χ1) is 6.33. The van der Waals surface area contributed by atoms with Crippen LogP contribution < -0.4 is 5.32 Å². The summed E-state index contributed by atoms with van der Waals surface area (Å²) in [5, 5.41) is 3.39. The smallest absolute Gasteiger partial charge is 0.0382 e.